The Labute approximate surface area is 121 Å². The number of benzene rings is 1. The van der Waals surface area contributed by atoms with Gasteiger partial charge in [-0.1, -0.05) is 12.1 Å². The first-order valence-electron chi connectivity index (χ1n) is 6.04. The highest BCUT2D eigenvalue weighted by molar-refractivity contribution is 7.98. The average molecular weight is 300 g/mol. The molecule has 106 valence electrons. The Kier molecular flexibility index (Phi) is 7.59. The summed E-state index contributed by atoms with van der Waals surface area (Å²) in [5, 5.41) is 5.41. The van der Waals surface area contributed by atoms with Gasteiger partial charge in [-0.05, 0) is 36.1 Å². The van der Waals surface area contributed by atoms with Crippen LogP contribution in [0, 0.1) is 0 Å². The summed E-state index contributed by atoms with van der Waals surface area (Å²) in [6.45, 7) is 0.417. The second kappa shape index (κ2) is 8.98. The van der Waals surface area contributed by atoms with Gasteiger partial charge >= 0.3 is 6.03 Å². The molecule has 0 aliphatic rings. The van der Waals surface area contributed by atoms with Crippen molar-refractivity contribution in [3.63, 3.8) is 0 Å². The Hall–Kier alpha value is -1.01. The summed E-state index contributed by atoms with van der Waals surface area (Å²) in [6.07, 6.45) is 4.74. The lowest BCUT2D eigenvalue weighted by Gasteiger charge is -2.07. The molecule has 0 aliphatic heterocycles. The van der Waals surface area contributed by atoms with Gasteiger partial charge in [0.15, 0.2) is 0 Å². The van der Waals surface area contributed by atoms with E-state index in [2.05, 4.69) is 16.9 Å². The lowest BCUT2D eigenvalue weighted by molar-refractivity contribution is 0.252. The Morgan fingerprint density at radius 1 is 1.32 bits per heavy atom. The number of carbonyl (C=O) groups excluding carboxylic acids is 1. The van der Waals surface area contributed by atoms with Gasteiger partial charge < -0.3 is 10.6 Å². The van der Waals surface area contributed by atoms with Crippen LogP contribution in [0.25, 0.3) is 0 Å². The highest BCUT2D eigenvalue weighted by Crippen LogP contribution is 2.11. The van der Waals surface area contributed by atoms with Gasteiger partial charge in [0, 0.05) is 35.0 Å². The van der Waals surface area contributed by atoms with Crippen molar-refractivity contribution >= 4 is 34.3 Å². The van der Waals surface area contributed by atoms with Crippen LogP contribution in [-0.2, 0) is 17.2 Å². The first-order valence-corrected chi connectivity index (χ1v) is 9.16. The second-order valence-corrected chi connectivity index (χ2v) is 6.64. The molecule has 2 amide bonds. The van der Waals surface area contributed by atoms with Crippen molar-refractivity contribution in [2.45, 2.75) is 6.42 Å². The van der Waals surface area contributed by atoms with Crippen LogP contribution in [0.15, 0.2) is 24.3 Å². The van der Waals surface area contributed by atoms with Gasteiger partial charge in [0.25, 0.3) is 0 Å². The van der Waals surface area contributed by atoms with Crippen LogP contribution in [-0.4, -0.2) is 40.8 Å². The van der Waals surface area contributed by atoms with Gasteiger partial charge in [0.05, 0.1) is 0 Å². The van der Waals surface area contributed by atoms with Crippen molar-refractivity contribution < 1.29 is 9.00 Å². The van der Waals surface area contributed by atoms with Crippen LogP contribution in [0.1, 0.15) is 5.56 Å². The van der Waals surface area contributed by atoms with Crippen LogP contribution in [0.4, 0.5) is 10.5 Å². The molecule has 0 radical (unpaired) electrons. The monoisotopic (exact) mass is 300 g/mol. The van der Waals surface area contributed by atoms with Crippen molar-refractivity contribution in [1.82, 2.24) is 5.32 Å². The molecule has 0 spiro atoms. The van der Waals surface area contributed by atoms with Crippen LogP contribution < -0.4 is 10.6 Å². The van der Waals surface area contributed by atoms with Gasteiger partial charge in [-0.15, -0.1) is 0 Å². The van der Waals surface area contributed by atoms with Crippen LogP contribution in [0.5, 0.6) is 0 Å². The number of carbonyl (C=O) groups is 1. The zero-order valence-electron chi connectivity index (χ0n) is 11.3. The fourth-order valence-electron chi connectivity index (χ4n) is 1.46. The molecule has 0 bridgehead atoms. The van der Waals surface area contributed by atoms with E-state index in [1.807, 2.05) is 36.0 Å². The fraction of sp³-hybridized carbons (Fsp3) is 0.462. The van der Waals surface area contributed by atoms with E-state index < -0.39 is 10.8 Å². The maximum atomic E-state index is 11.5. The predicted molar refractivity (Wildman–Crippen MR) is 84.5 cm³/mol. The molecule has 0 fully saturated rings. The SMILES string of the molecule is CSCCc1ccc(NC(=O)NCC[S@](C)=O)cc1. The van der Waals surface area contributed by atoms with Gasteiger partial charge in [-0.2, -0.15) is 11.8 Å². The highest BCUT2D eigenvalue weighted by Gasteiger charge is 2.01. The molecule has 4 nitrogen and oxygen atoms in total. The van der Waals surface area contributed by atoms with Crippen molar-refractivity contribution in [3.8, 4) is 0 Å². The quantitative estimate of drug-likeness (QED) is 0.810. The van der Waals surface area contributed by atoms with Crippen molar-refractivity contribution in [3.05, 3.63) is 29.8 Å². The molecule has 0 aromatic heterocycles. The Morgan fingerprint density at radius 3 is 2.58 bits per heavy atom. The largest absolute Gasteiger partial charge is 0.337 e. The number of nitrogens with one attached hydrogen (secondary N) is 2. The normalized spacial score (nSPS) is 11.9. The summed E-state index contributed by atoms with van der Waals surface area (Å²) < 4.78 is 10.8. The molecule has 1 rings (SSSR count). The minimum atomic E-state index is -0.879. The van der Waals surface area contributed by atoms with E-state index in [1.54, 1.807) is 6.26 Å². The third kappa shape index (κ3) is 7.22. The van der Waals surface area contributed by atoms with Crippen molar-refractivity contribution in [2.24, 2.45) is 0 Å². The number of anilines is 1. The van der Waals surface area contributed by atoms with Gasteiger partial charge in [-0.25, -0.2) is 4.79 Å². The summed E-state index contributed by atoms with van der Waals surface area (Å²) in [5.41, 5.74) is 2.03. The van der Waals surface area contributed by atoms with Crippen LogP contribution >= 0.6 is 11.8 Å². The summed E-state index contributed by atoms with van der Waals surface area (Å²) in [6, 6.07) is 7.57. The van der Waals surface area contributed by atoms with Crippen LogP contribution in [0.2, 0.25) is 0 Å². The molecule has 6 heteroatoms. The molecule has 1 atom stereocenters. The minimum Gasteiger partial charge on any atom is -0.337 e. The number of hydrogen-bond donors (Lipinski definition) is 2. The molecule has 2 N–H and O–H groups in total. The first-order chi connectivity index (χ1) is 9.11. The molecule has 0 unspecified atom stereocenters. The third-order valence-corrected chi connectivity index (χ3v) is 3.87. The Balaban J connectivity index is 2.35. The maximum absolute atomic E-state index is 11.5. The molecule has 0 aliphatic carbocycles. The topological polar surface area (TPSA) is 58.2 Å². The number of rotatable bonds is 7. The van der Waals surface area contributed by atoms with Gasteiger partial charge in [0.1, 0.15) is 0 Å². The van der Waals surface area contributed by atoms with E-state index in [1.165, 1.54) is 5.56 Å². The first kappa shape index (κ1) is 16.0. The summed E-state index contributed by atoms with van der Waals surface area (Å²) in [4.78, 5) is 11.5. The molecule has 0 heterocycles. The smallest absolute Gasteiger partial charge is 0.319 e. The second-order valence-electron chi connectivity index (χ2n) is 4.10. The molecular formula is C13H20N2O2S2. The van der Waals surface area contributed by atoms with E-state index in [0.717, 1.165) is 17.9 Å². The number of thioether (sulfide) groups is 1. The third-order valence-electron chi connectivity index (χ3n) is 2.48. The van der Waals surface area contributed by atoms with E-state index >= 15 is 0 Å². The summed E-state index contributed by atoms with van der Waals surface area (Å²) in [7, 11) is -0.879. The number of aryl methyl sites for hydroxylation is 1. The molecule has 0 saturated carbocycles. The summed E-state index contributed by atoms with van der Waals surface area (Å²) >= 11 is 1.82. The van der Waals surface area contributed by atoms with Gasteiger partial charge in [0.2, 0.25) is 0 Å². The van der Waals surface area contributed by atoms with Gasteiger partial charge in [-0.3, -0.25) is 4.21 Å². The minimum absolute atomic E-state index is 0.262. The zero-order chi connectivity index (χ0) is 14.1. The number of amides is 2. The molecule has 1 aromatic carbocycles. The molecular weight excluding hydrogens is 280 g/mol. The molecule has 19 heavy (non-hydrogen) atoms. The Morgan fingerprint density at radius 2 is 2.00 bits per heavy atom. The fourth-order valence-corrected chi connectivity index (χ4v) is 2.29. The predicted octanol–water partition coefficient (Wildman–Crippen LogP) is 2.09. The molecule has 0 saturated heterocycles. The van der Waals surface area contributed by atoms with E-state index in [-0.39, 0.29) is 6.03 Å². The average Bonchev–Trinajstić information content (AvgIpc) is 2.37. The Bertz CT molecular complexity index is 421. The molecule has 1 aromatic rings. The van der Waals surface area contributed by atoms with Crippen molar-refractivity contribution in [2.75, 3.05) is 35.9 Å². The van der Waals surface area contributed by atoms with E-state index in [0.29, 0.717) is 12.3 Å². The van der Waals surface area contributed by atoms with Crippen LogP contribution in [0.3, 0.4) is 0 Å². The lowest BCUT2D eigenvalue weighted by Crippen LogP contribution is -2.31. The standard InChI is InChI=1S/C13H20N2O2S2/c1-18-9-7-11-3-5-12(6-4-11)15-13(16)14-8-10-19(2)17/h3-6H,7-10H2,1-2H3,(H2,14,15,16)/t19-/m0/s1. The zero-order valence-corrected chi connectivity index (χ0v) is 12.9. The summed E-state index contributed by atoms with van der Waals surface area (Å²) in [5.74, 6) is 1.57. The highest BCUT2D eigenvalue weighted by atomic mass is 32.2. The van der Waals surface area contributed by atoms with E-state index in [9.17, 15) is 9.00 Å². The number of hydrogen-bond acceptors (Lipinski definition) is 3. The maximum Gasteiger partial charge on any atom is 0.319 e. The lowest BCUT2D eigenvalue weighted by atomic mass is 10.1. The number of urea groups is 1. The van der Waals surface area contributed by atoms with E-state index in [4.69, 9.17) is 0 Å². The van der Waals surface area contributed by atoms with Crippen molar-refractivity contribution in [1.29, 1.82) is 0 Å².